The summed E-state index contributed by atoms with van der Waals surface area (Å²) in [6.07, 6.45) is 2.91. The van der Waals surface area contributed by atoms with Crippen molar-refractivity contribution in [3.8, 4) is 17.2 Å². The number of piperidine rings is 1. The van der Waals surface area contributed by atoms with Gasteiger partial charge in [0, 0.05) is 23.0 Å². The van der Waals surface area contributed by atoms with E-state index >= 15 is 0 Å². The summed E-state index contributed by atoms with van der Waals surface area (Å²) in [7, 11) is 0. The highest BCUT2D eigenvalue weighted by Crippen LogP contribution is 2.34. The van der Waals surface area contributed by atoms with Gasteiger partial charge in [-0.2, -0.15) is 5.26 Å². The summed E-state index contributed by atoms with van der Waals surface area (Å²) < 4.78 is 0. The van der Waals surface area contributed by atoms with Crippen LogP contribution in [0.15, 0.2) is 60.1 Å². The van der Waals surface area contributed by atoms with Crippen LogP contribution in [0.5, 0.6) is 0 Å². The Kier molecular flexibility index (Phi) is 8.58. The summed E-state index contributed by atoms with van der Waals surface area (Å²) in [4.78, 5) is 2.50. The largest absolute Gasteiger partial charge is 0.299 e. The number of allylic oxidation sites excluding steroid dienone is 1. The molecule has 2 nitrogen and oxygen atoms in total. The first-order valence-corrected chi connectivity index (χ1v) is 10.3. The first kappa shape index (κ1) is 22.5. The van der Waals surface area contributed by atoms with Crippen LogP contribution in [0.1, 0.15) is 38.7 Å². The molecule has 0 unspecified atom stereocenters. The lowest BCUT2D eigenvalue weighted by Crippen LogP contribution is -2.38. The van der Waals surface area contributed by atoms with Gasteiger partial charge in [-0.1, -0.05) is 73.1 Å². The Labute approximate surface area is 179 Å². The second-order valence-corrected chi connectivity index (χ2v) is 8.88. The molecule has 148 valence electrons. The van der Waals surface area contributed by atoms with E-state index in [1.807, 2.05) is 12.1 Å². The van der Waals surface area contributed by atoms with Gasteiger partial charge in [-0.25, -0.2) is 0 Å². The van der Waals surface area contributed by atoms with Gasteiger partial charge in [0.05, 0.1) is 6.07 Å². The van der Waals surface area contributed by atoms with Crippen LogP contribution in [0.3, 0.4) is 0 Å². The Morgan fingerprint density at radius 2 is 1.54 bits per heavy atom. The summed E-state index contributed by atoms with van der Waals surface area (Å²) in [5, 5.41) is 10.4. The fourth-order valence-electron chi connectivity index (χ4n) is 3.32. The minimum atomic E-state index is 0.212. The SMILES string of the molecule is C=C(C)Cl.CC1(CC#N)CCN(Cc2ccc(-c3ccc(Cl)cc3)cc2)CC1. The molecule has 0 atom stereocenters. The quantitative estimate of drug-likeness (QED) is 0.525. The minimum absolute atomic E-state index is 0.212. The van der Waals surface area contributed by atoms with Gasteiger partial charge in [-0.05, 0) is 67.1 Å². The molecule has 1 aliphatic heterocycles. The van der Waals surface area contributed by atoms with Crippen molar-refractivity contribution in [2.24, 2.45) is 5.41 Å². The molecule has 3 rings (SSSR count). The maximum atomic E-state index is 8.95. The van der Waals surface area contributed by atoms with E-state index in [1.165, 1.54) is 16.7 Å². The molecule has 1 heterocycles. The second-order valence-electron chi connectivity index (χ2n) is 7.80. The predicted octanol–water partition coefficient (Wildman–Crippen LogP) is 7.28. The lowest BCUT2D eigenvalue weighted by atomic mass is 9.78. The molecule has 4 heteroatoms. The minimum Gasteiger partial charge on any atom is -0.299 e. The average molecular weight is 415 g/mol. The van der Waals surface area contributed by atoms with Gasteiger partial charge in [-0.15, -0.1) is 0 Å². The third-order valence-corrected chi connectivity index (χ3v) is 5.36. The zero-order valence-corrected chi connectivity index (χ0v) is 18.2. The second kappa shape index (κ2) is 10.7. The van der Waals surface area contributed by atoms with Crippen molar-refractivity contribution in [1.82, 2.24) is 4.90 Å². The molecule has 0 spiro atoms. The van der Waals surface area contributed by atoms with E-state index in [-0.39, 0.29) is 5.41 Å². The molecule has 0 bridgehead atoms. The summed E-state index contributed by atoms with van der Waals surface area (Å²) in [5.41, 5.74) is 3.97. The van der Waals surface area contributed by atoms with Crippen LogP contribution in [-0.2, 0) is 6.54 Å². The lowest BCUT2D eigenvalue weighted by Gasteiger charge is -2.38. The fourth-order valence-corrected chi connectivity index (χ4v) is 3.45. The van der Waals surface area contributed by atoms with Crippen LogP contribution < -0.4 is 0 Å². The normalized spacial score (nSPS) is 15.8. The van der Waals surface area contributed by atoms with Crippen molar-refractivity contribution >= 4 is 23.2 Å². The highest BCUT2D eigenvalue weighted by Gasteiger charge is 2.29. The number of benzene rings is 2. The van der Waals surface area contributed by atoms with Crippen molar-refractivity contribution in [3.05, 3.63) is 70.7 Å². The lowest BCUT2D eigenvalue weighted by molar-refractivity contribution is 0.116. The van der Waals surface area contributed by atoms with E-state index in [0.717, 1.165) is 37.5 Å². The third-order valence-electron chi connectivity index (χ3n) is 5.11. The van der Waals surface area contributed by atoms with E-state index in [0.29, 0.717) is 11.5 Å². The molecule has 28 heavy (non-hydrogen) atoms. The predicted molar refractivity (Wildman–Crippen MR) is 120 cm³/mol. The van der Waals surface area contributed by atoms with E-state index in [4.69, 9.17) is 28.5 Å². The van der Waals surface area contributed by atoms with Crippen molar-refractivity contribution in [2.75, 3.05) is 13.1 Å². The van der Waals surface area contributed by atoms with Gasteiger partial charge < -0.3 is 0 Å². The Morgan fingerprint density at radius 3 is 2.00 bits per heavy atom. The molecule has 2 aromatic rings. The maximum Gasteiger partial charge on any atom is 0.0627 e. The average Bonchev–Trinajstić information content (AvgIpc) is 2.65. The highest BCUT2D eigenvalue weighted by molar-refractivity contribution is 6.30. The number of rotatable bonds is 4. The Hall–Kier alpha value is -1.79. The number of hydrogen-bond acceptors (Lipinski definition) is 2. The first-order valence-electron chi connectivity index (χ1n) is 9.56. The Bertz CT molecular complexity index is 792. The standard InChI is InChI=1S/C21H23ClN2.C3H5Cl/c1-21(10-13-23)11-14-24(15-12-21)16-17-2-4-18(5-3-17)19-6-8-20(22)9-7-19;1-3(2)4/h2-9H,10-12,14-16H2,1H3;1H2,2H3. The smallest absolute Gasteiger partial charge is 0.0627 e. The molecule has 2 aromatic carbocycles. The van der Waals surface area contributed by atoms with Crippen LogP contribution in [0.4, 0.5) is 0 Å². The van der Waals surface area contributed by atoms with Gasteiger partial charge in [0.25, 0.3) is 0 Å². The molecule has 0 amide bonds. The molecule has 0 radical (unpaired) electrons. The van der Waals surface area contributed by atoms with E-state index in [9.17, 15) is 0 Å². The summed E-state index contributed by atoms with van der Waals surface area (Å²) in [6, 6.07) is 19.1. The van der Waals surface area contributed by atoms with Crippen molar-refractivity contribution in [3.63, 3.8) is 0 Å². The van der Waals surface area contributed by atoms with Crippen molar-refractivity contribution < 1.29 is 0 Å². The van der Waals surface area contributed by atoms with E-state index in [1.54, 1.807) is 6.92 Å². The molecule has 1 aliphatic rings. The maximum absolute atomic E-state index is 8.95. The monoisotopic (exact) mass is 414 g/mol. The van der Waals surface area contributed by atoms with Gasteiger partial charge >= 0.3 is 0 Å². The molecule has 0 N–H and O–H groups in total. The Morgan fingerprint density at radius 1 is 1.07 bits per heavy atom. The third kappa shape index (κ3) is 7.32. The highest BCUT2D eigenvalue weighted by atomic mass is 35.5. The molecule has 0 saturated carbocycles. The fraction of sp³-hybridized carbons (Fsp3) is 0.375. The topological polar surface area (TPSA) is 27.0 Å². The van der Waals surface area contributed by atoms with Gasteiger partial charge in [0.1, 0.15) is 0 Å². The number of hydrogen-bond donors (Lipinski definition) is 0. The van der Waals surface area contributed by atoms with Crippen LogP contribution in [-0.4, -0.2) is 18.0 Å². The number of nitrogens with zero attached hydrogens (tertiary/aromatic N) is 2. The van der Waals surface area contributed by atoms with Crippen LogP contribution in [0.25, 0.3) is 11.1 Å². The van der Waals surface area contributed by atoms with Crippen LogP contribution >= 0.6 is 23.2 Å². The van der Waals surface area contributed by atoms with Gasteiger partial charge in [-0.3, -0.25) is 4.90 Å². The van der Waals surface area contributed by atoms with Crippen molar-refractivity contribution in [1.29, 1.82) is 5.26 Å². The number of likely N-dealkylation sites (tertiary alicyclic amines) is 1. The summed E-state index contributed by atoms with van der Waals surface area (Å²) in [6.45, 7) is 10.5. The first-order chi connectivity index (χ1) is 13.3. The number of nitriles is 1. The van der Waals surface area contributed by atoms with E-state index < -0.39 is 0 Å². The zero-order valence-electron chi connectivity index (χ0n) is 16.7. The summed E-state index contributed by atoms with van der Waals surface area (Å²) >= 11 is 11.0. The molecular formula is C24H28Cl2N2. The molecule has 0 aliphatic carbocycles. The van der Waals surface area contributed by atoms with Gasteiger partial charge in [0.2, 0.25) is 0 Å². The zero-order chi connectivity index (χ0) is 20.6. The van der Waals surface area contributed by atoms with Crippen LogP contribution in [0.2, 0.25) is 5.02 Å². The Balaban J connectivity index is 0.000000640. The van der Waals surface area contributed by atoms with Crippen LogP contribution in [0, 0.1) is 16.7 Å². The van der Waals surface area contributed by atoms with Crippen molar-refractivity contribution in [2.45, 2.75) is 39.7 Å². The molecule has 0 aromatic heterocycles. The summed E-state index contributed by atoms with van der Waals surface area (Å²) in [5.74, 6) is 0. The van der Waals surface area contributed by atoms with E-state index in [2.05, 4.69) is 60.9 Å². The molecular weight excluding hydrogens is 387 g/mol. The molecule has 1 saturated heterocycles. The van der Waals surface area contributed by atoms with Gasteiger partial charge in [0.15, 0.2) is 0 Å². The number of halogens is 2. The molecule has 1 fully saturated rings.